The normalized spacial score (nSPS) is 44.8. The van der Waals surface area contributed by atoms with Crippen molar-refractivity contribution < 1.29 is 14.9 Å². The number of fused-ring (bicyclic) bond motifs is 2. The molecule has 8 unspecified atom stereocenters. The number of ether oxygens (including phenoxy) is 1. The van der Waals surface area contributed by atoms with Crippen LogP contribution in [-0.2, 0) is 4.74 Å². The SMILES string of the molecule is CCC1CC23CCC4(O2)C(=CCC2(C)C(c5ccc6ccncc6c5)CCC42)C=C3C(O)C1O. The van der Waals surface area contributed by atoms with Gasteiger partial charge in [0.15, 0.2) is 0 Å². The third kappa shape index (κ3) is 2.57. The van der Waals surface area contributed by atoms with Gasteiger partial charge in [-0.3, -0.25) is 4.98 Å². The minimum absolute atomic E-state index is 0.0883. The third-order valence-electron chi connectivity index (χ3n) is 10.6. The summed E-state index contributed by atoms with van der Waals surface area (Å²) >= 11 is 0. The fraction of sp³-hybridized carbons (Fsp3) is 0.567. The summed E-state index contributed by atoms with van der Waals surface area (Å²) in [5.41, 5.74) is 3.13. The number of nitrogens with zero attached hydrogens (tertiary/aromatic N) is 1. The zero-order chi connectivity index (χ0) is 23.3. The predicted molar refractivity (Wildman–Crippen MR) is 132 cm³/mol. The maximum atomic E-state index is 11.1. The van der Waals surface area contributed by atoms with Gasteiger partial charge < -0.3 is 14.9 Å². The molecule has 34 heavy (non-hydrogen) atoms. The van der Waals surface area contributed by atoms with E-state index in [1.165, 1.54) is 34.8 Å². The van der Waals surface area contributed by atoms with Crippen molar-refractivity contribution in [1.29, 1.82) is 0 Å². The molecule has 5 aliphatic rings. The van der Waals surface area contributed by atoms with Crippen molar-refractivity contribution >= 4 is 10.8 Å². The van der Waals surface area contributed by atoms with Gasteiger partial charge in [0, 0.05) is 17.8 Å². The first-order valence-corrected chi connectivity index (χ1v) is 13.2. The monoisotopic (exact) mass is 457 g/mol. The lowest BCUT2D eigenvalue weighted by molar-refractivity contribution is -0.164. The molecule has 2 bridgehead atoms. The number of hydrogen-bond donors (Lipinski definition) is 2. The Morgan fingerprint density at radius 2 is 2.00 bits per heavy atom. The summed E-state index contributed by atoms with van der Waals surface area (Å²) in [5, 5.41) is 24.3. The molecule has 4 nitrogen and oxygen atoms in total. The van der Waals surface area contributed by atoms with Gasteiger partial charge in [0.05, 0.1) is 17.3 Å². The van der Waals surface area contributed by atoms with Crippen molar-refractivity contribution in [2.24, 2.45) is 17.3 Å². The summed E-state index contributed by atoms with van der Waals surface area (Å²) in [7, 11) is 0. The Hall–Kier alpha value is -2.01. The Kier molecular flexibility index (Phi) is 4.40. The minimum Gasteiger partial charge on any atom is -0.390 e. The average Bonchev–Trinajstić information content (AvgIpc) is 3.37. The zero-order valence-corrected chi connectivity index (χ0v) is 20.2. The van der Waals surface area contributed by atoms with E-state index in [-0.39, 0.29) is 16.9 Å². The molecule has 3 fully saturated rings. The van der Waals surface area contributed by atoms with Crippen LogP contribution in [0.4, 0.5) is 0 Å². The van der Waals surface area contributed by atoms with Crippen molar-refractivity contribution in [1.82, 2.24) is 4.98 Å². The third-order valence-corrected chi connectivity index (χ3v) is 10.6. The van der Waals surface area contributed by atoms with E-state index in [0.29, 0.717) is 11.8 Å². The quantitative estimate of drug-likeness (QED) is 0.630. The van der Waals surface area contributed by atoms with Crippen molar-refractivity contribution in [3.63, 3.8) is 0 Å². The molecule has 178 valence electrons. The van der Waals surface area contributed by atoms with E-state index in [1.54, 1.807) is 0 Å². The van der Waals surface area contributed by atoms with Crippen LogP contribution in [-0.4, -0.2) is 38.6 Å². The molecule has 1 aromatic carbocycles. The number of aliphatic hydroxyl groups is 2. The van der Waals surface area contributed by atoms with Gasteiger partial charge in [0.2, 0.25) is 0 Å². The zero-order valence-electron chi connectivity index (χ0n) is 20.2. The summed E-state index contributed by atoms with van der Waals surface area (Å²) in [6.45, 7) is 4.61. The highest BCUT2D eigenvalue weighted by atomic mass is 16.5. The van der Waals surface area contributed by atoms with Crippen LogP contribution in [0.3, 0.4) is 0 Å². The van der Waals surface area contributed by atoms with Gasteiger partial charge in [0.25, 0.3) is 0 Å². The van der Waals surface area contributed by atoms with Crippen molar-refractivity contribution in [2.45, 2.75) is 88.1 Å². The fourth-order valence-electron chi connectivity index (χ4n) is 8.82. The Morgan fingerprint density at radius 3 is 2.85 bits per heavy atom. The second-order valence-electron chi connectivity index (χ2n) is 11.9. The lowest BCUT2D eigenvalue weighted by Gasteiger charge is -2.55. The first-order valence-electron chi connectivity index (χ1n) is 13.2. The molecule has 2 aromatic rings. The van der Waals surface area contributed by atoms with E-state index in [0.717, 1.165) is 37.7 Å². The number of benzene rings is 1. The molecule has 3 heterocycles. The average molecular weight is 458 g/mol. The first-order chi connectivity index (χ1) is 16.4. The van der Waals surface area contributed by atoms with Gasteiger partial charge in [0.1, 0.15) is 6.10 Å². The van der Waals surface area contributed by atoms with Gasteiger partial charge in [-0.2, -0.15) is 0 Å². The maximum Gasteiger partial charge on any atom is 0.104 e. The van der Waals surface area contributed by atoms with E-state index >= 15 is 0 Å². The van der Waals surface area contributed by atoms with Crippen LogP contribution in [0.25, 0.3) is 10.8 Å². The van der Waals surface area contributed by atoms with Crippen LogP contribution in [0.1, 0.15) is 70.3 Å². The lowest BCUT2D eigenvalue weighted by atomic mass is 9.58. The molecule has 2 N–H and O–H groups in total. The highest BCUT2D eigenvalue weighted by Crippen LogP contribution is 2.69. The van der Waals surface area contributed by atoms with E-state index in [1.807, 2.05) is 12.4 Å². The van der Waals surface area contributed by atoms with E-state index in [2.05, 4.69) is 55.2 Å². The molecule has 2 saturated carbocycles. The molecule has 0 radical (unpaired) electrons. The minimum atomic E-state index is -0.813. The van der Waals surface area contributed by atoms with Crippen LogP contribution in [0.5, 0.6) is 0 Å². The molecule has 1 saturated heterocycles. The van der Waals surface area contributed by atoms with Crippen LogP contribution in [0.15, 0.2) is 60.0 Å². The summed E-state index contributed by atoms with van der Waals surface area (Å²) in [4.78, 5) is 4.35. The number of rotatable bonds is 2. The molecule has 0 amide bonds. The first kappa shape index (κ1) is 21.3. The smallest absolute Gasteiger partial charge is 0.104 e. The molecule has 2 aliphatic heterocycles. The van der Waals surface area contributed by atoms with Gasteiger partial charge >= 0.3 is 0 Å². The fourth-order valence-corrected chi connectivity index (χ4v) is 8.82. The highest BCUT2D eigenvalue weighted by molar-refractivity contribution is 5.82. The summed E-state index contributed by atoms with van der Waals surface area (Å²) in [6, 6.07) is 9.03. The van der Waals surface area contributed by atoms with Crippen LogP contribution in [0, 0.1) is 17.3 Å². The molecule has 7 rings (SSSR count). The standard InChI is InChI=1S/C30H35NO3/c1-3-18-16-29-11-12-30(34-29)22(15-24(29)27(33)26(18)32)8-10-28(2)23(6-7-25(28)30)20-5-4-19-9-13-31-17-21(19)14-20/h4-5,8-9,13-15,17-18,23,25-27,32-33H,3,6-7,10-12,16H2,1-2H3. The summed E-state index contributed by atoms with van der Waals surface area (Å²) in [6.07, 6.45) is 14.0. The van der Waals surface area contributed by atoms with Crippen LogP contribution in [0.2, 0.25) is 0 Å². The summed E-state index contributed by atoms with van der Waals surface area (Å²) < 4.78 is 7.25. The second kappa shape index (κ2) is 7.02. The molecule has 2 spiro atoms. The molecule has 4 heteroatoms. The Morgan fingerprint density at radius 1 is 1.12 bits per heavy atom. The maximum absolute atomic E-state index is 11.1. The van der Waals surface area contributed by atoms with Gasteiger partial charge in [-0.05, 0) is 95.9 Å². The molecule has 1 aromatic heterocycles. The number of aromatic nitrogens is 1. The van der Waals surface area contributed by atoms with Gasteiger partial charge in [-0.1, -0.05) is 44.6 Å². The van der Waals surface area contributed by atoms with Gasteiger partial charge in [-0.15, -0.1) is 0 Å². The predicted octanol–water partition coefficient (Wildman–Crippen LogP) is 5.44. The van der Waals surface area contributed by atoms with E-state index in [4.69, 9.17) is 4.74 Å². The summed E-state index contributed by atoms with van der Waals surface area (Å²) in [5.74, 6) is 1.06. The highest BCUT2D eigenvalue weighted by Gasteiger charge is 2.68. The van der Waals surface area contributed by atoms with Gasteiger partial charge in [-0.25, -0.2) is 0 Å². The van der Waals surface area contributed by atoms with Crippen molar-refractivity contribution in [2.75, 3.05) is 0 Å². The van der Waals surface area contributed by atoms with Crippen molar-refractivity contribution in [3.05, 3.63) is 65.5 Å². The van der Waals surface area contributed by atoms with Crippen LogP contribution < -0.4 is 0 Å². The van der Waals surface area contributed by atoms with Crippen molar-refractivity contribution in [3.8, 4) is 0 Å². The Labute approximate surface area is 201 Å². The largest absolute Gasteiger partial charge is 0.390 e. The second-order valence-corrected chi connectivity index (χ2v) is 11.9. The van der Waals surface area contributed by atoms with Crippen LogP contribution >= 0.6 is 0 Å². The van der Waals surface area contributed by atoms with E-state index < -0.39 is 17.8 Å². The molecular weight excluding hydrogens is 422 g/mol. The number of pyridine rings is 1. The topological polar surface area (TPSA) is 62.6 Å². The molecular formula is C30H35NO3. The van der Waals surface area contributed by atoms with E-state index in [9.17, 15) is 10.2 Å². The molecule has 8 atom stereocenters. The Bertz CT molecular complexity index is 1230. The number of allylic oxidation sites excluding steroid dienone is 1. The number of hydrogen-bond acceptors (Lipinski definition) is 4. The Balaban J connectivity index is 1.30. The number of aliphatic hydroxyl groups excluding tert-OH is 2. The molecule has 3 aliphatic carbocycles. The lowest BCUT2D eigenvalue weighted by Crippen LogP contribution is -2.58.